The third-order valence-electron chi connectivity index (χ3n) is 3.08. The Morgan fingerprint density at radius 3 is 2.86 bits per heavy atom. The van der Waals surface area contributed by atoms with E-state index in [1.807, 2.05) is 30.4 Å². The molecule has 0 bridgehead atoms. The van der Waals surface area contributed by atoms with Gasteiger partial charge < -0.3 is 5.32 Å². The first-order valence-corrected chi connectivity index (χ1v) is 6.45. The van der Waals surface area contributed by atoms with E-state index in [0.717, 1.165) is 17.2 Å². The number of nitriles is 1. The first kappa shape index (κ1) is 13.0. The van der Waals surface area contributed by atoms with Crippen LogP contribution in [-0.2, 0) is 6.54 Å². The normalized spacial score (nSPS) is 10.5. The van der Waals surface area contributed by atoms with Crippen LogP contribution in [0, 0.1) is 25.2 Å². The van der Waals surface area contributed by atoms with E-state index in [4.69, 9.17) is 5.26 Å². The molecule has 3 aromatic rings. The fraction of sp³-hybridized carbons (Fsp3) is 0.214. The van der Waals surface area contributed by atoms with E-state index in [0.29, 0.717) is 23.7 Å². The van der Waals surface area contributed by atoms with Gasteiger partial charge in [-0.2, -0.15) is 5.26 Å². The van der Waals surface area contributed by atoms with E-state index in [9.17, 15) is 0 Å². The molecule has 0 aromatic carbocycles. The first-order chi connectivity index (χ1) is 10.2. The van der Waals surface area contributed by atoms with Gasteiger partial charge in [0.2, 0.25) is 0 Å². The zero-order valence-electron chi connectivity index (χ0n) is 11.7. The SMILES string of the molecule is Cc1cc(C)n2c(CNc3ccc(C#N)cn3)nnc2n1. The summed E-state index contributed by atoms with van der Waals surface area (Å²) in [6.45, 7) is 4.40. The molecule has 0 spiro atoms. The van der Waals surface area contributed by atoms with Crippen LogP contribution in [0.4, 0.5) is 5.82 Å². The Balaban J connectivity index is 1.83. The molecule has 0 radical (unpaired) electrons. The minimum absolute atomic E-state index is 0.478. The number of nitrogens with one attached hydrogen (secondary N) is 1. The highest BCUT2D eigenvalue weighted by atomic mass is 15.3. The highest BCUT2D eigenvalue weighted by molar-refractivity contribution is 5.40. The number of fused-ring (bicyclic) bond motifs is 1. The van der Waals surface area contributed by atoms with Crippen molar-refractivity contribution in [3.05, 3.63) is 47.2 Å². The molecule has 0 aliphatic heterocycles. The van der Waals surface area contributed by atoms with Crippen molar-refractivity contribution in [2.45, 2.75) is 20.4 Å². The number of aryl methyl sites for hydroxylation is 2. The van der Waals surface area contributed by atoms with Gasteiger partial charge in [0.05, 0.1) is 12.1 Å². The van der Waals surface area contributed by atoms with E-state index >= 15 is 0 Å². The number of hydrogen-bond acceptors (Lipinski definition) is 6. The van der Waals surface area contributed by atoms with Crippen LogP contribution >= 0.6 is 0 Å². The molecule has 0 atom stereocenters. The second-order valence-electron chi connectivity index (χ2n) is 4.69. The number of hydrogen-bond donors (Lipinski definition) is 1. The Labute approximate surface area is 121 Å². The van der Waals surface area contributed by atoms with Crippen molar-refractivity contribution in [3.8, 4) is 6.07 Å². The molecule has 1 N–H and O–H groups in total. The molecule has 3 rings (SSSR count). The summed E-state index contributed by atoms with van der Waals surface area (Å²) in [7, 11) is 0. The molecule has 0 saturated carbocycles. The zero-order valence-corrected chi connectivity index (χ0v) is 11.7. The minimum atomic E-state index is 0.478. The Bertz CT molecular complexity index is 827. The summed E-state index contributed by atoms with van der Waals surface area (Å²) < 4.78 is 1.91. The monoisotopic (exact) mass is 279 g/mol. The second-order valence-corrected chi connectivity index (χ2v) is 4.69. The highest BCUT2D eigenvalue weighted by Crippen LogP contribution is 2.10. The topological polar surface area (TPSA) is 91.8 Å². The van der Waals surface area contributed by atoms with Gasteiger partial charge >= 0.3 is 0 Å². The number of nitrogens with zero attached hydrogens (tertiary/aromatic N) is 6. The molecule has 0 amide bonds. The summed E-state index contributed by atoms with van der Waals surface area (Å²) in [5.74, 6) is 2.04. The maximum absolute atomic E-state index is 8.74. The van der Waals surface area contributed by atoms with E-state index in [2.05, 4.69) is 25.5 Å². The van der Waals surface area contributed by atoms with Gasteiger partial charge in [0.1, 0.15) is 11.9 Å². The average molecular weight is 279 g/mol. The molecule has 0 aliphatic carbocycles. The molecule has 7 heteroatoms. The number of aromatic nitrogens is 5. The van der Waals surface area contributed by atoms with Gasteiger partial charge in [-0.05, 0) is 32.0 Å². The summed E-state index contributed by atoms with van der Waals surface area (Å²) in [6, 6.07) is 7.50. The number of pyridine rings is 1. The molecule has 0 aliphatic rings. The number of rotatable bonds is 3. The quantitative estimate of drug-likeness (QED) is 0.783. The molecule has 7 nitrogen and oxygen atoms in total. The maximum Gasteiger partial charge on any atom is 0.255 e. The smallest absolute Gasteiger partial charge is 0.255 e. The van der Waals surface area contributed by atoms with Crippen molar-refractivity contribution in [1.29, 1.82) is 5.26 Å². The van der Waals surface area contributed by atoms with Crippen LogP contribution in [0.15, 0.2) is 24.4 Å². The molecular formula is C14H13N7. The second kappa shape index (κ2) is 5.17. The first-order valence-electron chi connectivity index (χ1n) is 6.45. The molecule has 3 heterocycles. The Morgan fingerprint density at radius 2 is 2.14 bits per heavy atom. The fourth-order valence-electron chi connectivity index (χ4n) is 2.15. The summed E-state index contributed by atoms with van der Waals surface area (Å²) >= 11 is 0. The van der Waals surface area contributed by atoms with Gasteiger partial charge in [-0.25, -0.2) is 9.97 Å². The van der Waals surface area contributed by atoms with Crippen LogP contribution in [0.1, 0.15) is 22.8 Å². The van der Waals surface area contributed by atoms with E-state index in [-0.39, 0.29) is 0 Å². The van der Waals surface area contributed by atoms with Crippen LogP contribution in [0.2, 0.25) is 0 Å². The third kappa shape index (κ3) is 2.51. The van der Waals surface area contributed by atoms with Crippen molar-refractivity contribution in [2.24, 2.45) is 0 Å². The van der Waals surface area contributed by atoms with Crippen LogP contribution in [0.25, 0.3) is 5.78 Å². The van der Waals surface area contributed by atoms with Gasteiger partial charge in [0.25, 0.3) is 5.78 Å². The summed E-state index contributed by atoms with van der Waals surface area (Å²) in [6.07, 6.45) is 1.53. The van der Waals surface area contributed by atoms with Crippen LogP contribution < -0.4 is 5.32 Å². The zero-order chi connectivity index (χ0) is 14.8. The largest absolute Gasteiger partial charge is 0.363 e. The molecular weight excluding hydrogens is 266 g/mol. The van der Waals surface area contributed by atoms with Gasteiger partial charge in [0.15, 0.2) is 5.82 Å². The lowest BCUT2D eigenvalue weighted by Crippen LogP contribution is -2.07. The van der Waals surface area contributed by atoms with Crippen molar-refractivity contribution < 1.29 is 0 Å². The lowest BCUT2D eigenvalue weighted by atomic mass is 10.3. The Kier molecular flexibility index (Phi) is 3.20. The van der Waals surface area contributed by atoms with Gasteiger partial charge in [-0.3, -0.25) is 4.40 Å². The van der Waals surface area contributed by atoms with E-state index in [1.165, 1.54) is 6.20 Å². The summed E-state index contributed by atoms with van der Waals surface area (Å²) in [5.41, 5.74) is 2.48. The molecule has 21 heavy (non-hydrogen) atoms. The van der Waals surface area contributed by atoms with Gasteiger partial charge in [-0.15, -0.1) is 10.2 Å². The highest BCUT2D eigenvalue weighted by Gasteiger charge is 2.09. The average Bonchev–Trinajstić information content (AvgIpc) is 2.89. The summed E-state index contributed by atoms with van der Waals surface area (Å²) in [5, 5.41) is 20.1. The molecule has 3 aromatic heterocycles. The molecule has 0 unspecified atom stereocenters. The molecule has 0 saturated heterocycles. The van der Waals surface area contributed by atoms with Crippen molar-refractivity contribution in [1.82, 2.24) is 24.6 Å². The maximum atomic E-state index is 8.74. The fourth-order valence-corrected chi connectivity index (χ4v) is 2.15. The Hall–Kier alpha value is -3.01. The van der Waals surface area contributed by atoms with Crippen LogP contribution in [0.5, 0.6) is 0 Å². The van der Waals surface area contributed by atoms with Crippen LogP contribution in [-0.4, -0.2) is 24.6 Å². The third-order valence-corrected chi connectivity index (χ3v) is 3.08. The lowest BCUT2D eigenvalue weighted by molar-refractivity contribution is 0.887. The van der Waals surface area contributed by atoms with Crippen molar-refractivity contribution in [3.63, 3.8) is 0 Å². The Morgan fingerprint density at radius 1 is 1.29 bits per heavy atom. The van der Waals surface area contributed by atoms with Gasteiger partial charge in [-0.1, -0.05) is 0 Å². The lowest BCUT2D eigenvalue weighted by Gasteiger charge is -2.06. The standard InChI is InChI=1S/C14H13N7/c1-9-5-10(2)21-13(19-20-14(21)18-9)8-17-12-4-3-11(6-15)7-16-12/h3-5,7H,8H2,1-2H3,(H,16,17). The predicted molar refractivity (Wildman–Crippen MR) is 76.5 cm³/mol. The van der Waals surface area contributed by atoms with Crippen molar-refractivity contribution >= 4 is 11.6 Å². The molecule has 0 fully saturated rings. The minimum Gasteiger partial charge on any atom is -0.363 e. The summed E-state index contributed by atoms with van der Waals surface area (Å²) in [4.78, 5) is 8.50. The molecule has 104 valence electrons. The number of anilines is 1. The van der Waals surface area contributed by atoms with Crippen molar-refractivity contribution in [2.75, 3.05) is 5.32 Å². The van der Waals surface area contributed by atoms with Gasteiger partial charge in [0, 0.05) is 17.6 Å². The van der Waals surface area contributed by atoms with Crippen LogP contribution in [0.3, 0.4) is 0 Å². The van der Waals surface area contributed by atoms with E-state index in [1.54, 1.807) is 12.1 Å². The predicted octanol–water partition coefficient (Wildman–Crippen LogP) is 1.62. The van der Waals surface area contributed by atoms with E-state index < -0.39 is 0 Å².